The number of allylic oxidation sites excluding steroid dienone is 3. The lowest BCUT2D eigenvalue weighted by molar-refractivity contribution is -0.147. The van der Waals surface area contributed by atoms with Crippen molar-refractivity contribution in [2.45, 2.75) is 50.5 Å². The zero-order valence-corrected chi connectivity index (χ0v) is 20.3. The SMILES string of the molecule is CCOC(=O)C[C@H]1O[C@H](c2cccc(OCC)c2Cl)C2=C(C=CC(Cl)C2)n2c1nnc2C(F)(F)F. The van der Waals surface area contributed by atoms with E-state index >= 15 is 0 Å². The lowest BCUT2D eigenvalue weighted by Crippen LogP contribution is -2.19. The van der Waals surface area contributed by atoms with Crippen LogP contribution in [0.2, 0.25) is 5.02 Å². The minimum absolute atomic E-state index is 0.100. The molecule has 7 nitrogen and oxygen atoms in total. The van der Waals surface area contributed by atoms with Gasteiger partial charge in [0.1, 0.15) is 18.0 Å². The van der Waals surface area contributed by atoms with Crippen LogP contribution in [0, 0.1) is 0 Å². The maximum Gasteiger partial charge on any atom is 0.452 e. The molecule has 2 heterocycles. The Morgan fingerprint density at radius 2 is 2.03 bits per heavy atom. The fourth-order valence-corrected chi connectivity index (χ4v) is 4.67. The van der Waals surface area contributed by atoms with Crippen molar-refractivity contribution in [3.63, 3.8) is 0 Å². The first-order valence-electron chi connectivity index (χ1n) is 11.0. The summed E-state index contributed by atoms with van der Waals surface area (Å²) in [6.45, 7) is 3.89. The fourth-order valence-electron chi connectivity index (χ4n) is 4.15. The van der Waals surface area contributed by atoms with Gasteiger partial charge in [0.25, 0.3) is 0 Å². The largest absolute Gasteiger partial charge is 0.492 e. The molecule has 1 aromatic heterocycles. The number of esters is 1. The van der Waals surface area contributed by atoms with Crippen molar-refractivity contribution in [2.75, 3.05) is 13.2 Å². The summed E-state index contributed by atoms with van der Waals surface area (Å²) >= 11 is 13.0. The summed E-state index contributed by atoms with van der Waals surface area (Å²) in [4.78, 5) is 12.4. The quantitative estimate of drug-likeness (QED) is 0.341. The van der Waals surface area contributed by atoms with E-state index in [1.54, 1.807) is 38.1 Å². The van der Waals surface area contributed by atoms with Crippen LogP contribution in [0.4, 0.5) is 13.2 Å². The zero-order valence-electron chi connectivity index (χ0n) is 18.8. The summed E-state index contributed by atoms with van der Waals surface area (Å²) in [6.07, 6.45) is -4.08. The fraction of sp³-hybridized carbons (Fsp3) is 0.435. The molecule has 12 heteroatoms. The Bertz CT molecular complexity index is 1180. The Labute approximate surface area is 209 Å². The van der Waals surface area contributed by atoms with E-state index in [1.807, 2.05) is 0 Å². The summed E-state index contributed by atoms with van der Waals surface area (Å²) in [6, 6.07) is 5.08. The number of carbonyl (C=O) groups excluding carboxylic acids is 1. The molecule has 2 aromatic rings. The molecule has 1 unspecified atom stereocenters. The number of nitrogens with zero attached hydrogens (tertiary/aromatic N) is 3. The molecule has 0 bridgehead atoms. The highest BCUT2D eigenvalue weighted by Gasteiger charge is 2.44. The number of halogens is 5. The standard InChI is InChI=1S/C23H22Cl2F3N3O4/c1-3-33-16-7-5-6-13(19(16)25)20-14-10-12(24)8-9-15(14)31-21(29-30-22(31)23(26,27)28)17(35-20)11-18(32)34-4-2/h5-9,12,17,20H,3-4,10-11H2,1-2H3/t12?,17-,20-/m1/s1. The van der Waals surface area contributed by atoms with Crippen LogP contribution in [0.1, 0.15) is 56.1 Å². The van der Waals surface area contributed by atoms with Crippen LogP contribution in [0.15, 0.2) is 35.9 Å². The van der Waals surface area contributed by atoms with Gasteiger partial charge in [0.05, 0.1) is 35.7 Å². The zero-order chi connectivity index (χ0) is 25.3. The van der Waals surface area contributed by atoms with E-state index in [4.69, 9.17) is 37.4 Å². The molecule has 188 valence electrons. The van der Waals surface area contributed by atoms with Gasteiger partial charge >= 0.3 is 12.1 Å². The van der Waals surface area contributed by atoms with Crippen LogP contribution < -0.4 is 4.74 Å². The second kappa shape index (κ2) is 10.2. The number of ether oxygens (including phenoxy) is 3. The van der Waals surface area contributed by atoms with E-state index in [-0.39, 0.29) is 36.0 Å². The summed E-state index contributed by atoms with van der Waals surface area (Å²) in [5.74, 6) is -1.66. The number of carbonyl (C=O) groups is 1. The van der Waals surface area contributed by atoms with Crippen molar-refractivity contribution >= 4 is 34.9 Å². The molecule has 1 aromatic carbocycles. The molecule has 4 rings (SSSR count). The number of aromatic nitrogens is 3. The summed E-state index contributed by atoms with van der Waals surface area (Å²) in [7, 11) is 0. The Kier molecular flexibility index (Phi) is 7.44. The van der Waals surface area contributed by atoms with Crippen LogP contribution >= 0.6 is 23.2 Å². The van der Waals surface area contributed by atoms with Gasteiger partial charge in [-0.2, -0.15) is 13.2 Å². The first-order valence-corrected chi connectivity index (χ1v) is 11.8. The number of hydrogen-bond donors (Lipinski definition) is 0. The average molecular weight is 532 g/mol. The lowest BCUT2D eigenvalue weighted by Gasteiger charge is -2.27. The Morgan fingerprint density at radius 1 is 1.26 bits per heavy atom. The molecule has 0 radical (unpaired) electrons. The number of fused-ring (bicyclic) bond motifs is 2. The van der Waals surface area contributed by atoms with Gasteiger partial charge in [0.2, 0.25) is 5.82 Å². The van der Waals surface area contributed by atoms with Gasteiger partial charge in [-0.1, -0.05) is 29.8 Å². The summed E-state index contributed by atoms with van der Waals surface area (Å²) in [5.41, 5.74) is 1.08. The Morgan fingerprint density at radius 3 is 2.71 bits per heavy atom. The third-order valence-electron chi connectivity index (χ3n) is 5.53. The Hall–Kier alpha value is -2.56. The molecule has 1 aliphatic heterocycles. The van der Waals surface area contributed by atoms with Crippen molar-refractivity contribution in [3.8, 4) is 5.75 Å². The van der Waals surface area contributed by atoms with Gasteiger partial charge in [-0.15, -0.1) is 21.8 Å². The second-order valence-corrected chi connectivity index (χ2v) is 8.75. The molecule has 0 fully saturated rings. The first-order chi connectivity index (χ1) is 16.7. The van der Waals surface area contributed by atoms with E-state index < -0.39 is 35.6 Å². The second-order valence-electron chi connectivity index (χ2n) is 7.81. The van der Waals surface area contributed by atoms with Crippen LogP contribution in [0.5, 0.6) is 5.75 Å². The predicted molar refractivity (Wildman–Crippen MR) is 122 cm³/mol. The lowest BCUT2D eigenvalue weighted by atomic mass is 9.92. The van der Waals surface area contributed by atoms with Gasteiger partial charge in [-0.3, -0.25) is 9.36 Å². The molecule has 0 saturated heterocycles. The van der Waals surface area contributed by atoms with E-state index in [0.29, 0.717) is 23.5 Å². The molecular weight excluding hydrogens is 510 g/mol. The highest BCUT2D eigenvalue weighted by Crippen LogP contribution is 2.48. The molecule has 0 spiro atoms. The molecule has 1 aliphatic carbocycles. The first kappa shape index (κ1) is 25.5. The molecule has 3 atom stereocenters. The van der Waals surface area contributed by atoms with E-state index in [2.05, 4.69) is 10.2 Å². The maximum atomic E-state index is 13.9. The van der Waals surface area contributed by atoms with Crippen molar-refractivity contribution < 1.29 is 32.2 Å². The van der Waals surface area contributed by atoms with Crippen LogP contribution in [0.3, 0.4) is 0 Å². The normalized spacial score (nSPS) is 21.9. The van der Waals surface area contributed by atoms with Gasteiger partial charge in [0.15, 0.2) is 5.82 Å². The highest BCUT2D eigenvalue weighted by molar-refractivity contribution is 6.33. The average Bonchev–Trinajstić information content (AvgIpc) is 3.20. The molecule has 0 amide bonds. The number of rotatable bonds is 6. The van der Waals surface area contributed by atoms with E-state index in [1.165, 1.54) is 6.08 Å². The van der Waals surface area contributed by atoms with Gasteiger partial charge in [-0.05, 0) is 38.0 Å². The smallest absolute Gasteiger partial charge is 0.452 e. The number of alkyl halides is 4. The van der Waals surface area contributed by atoms with Crippen LogP contribution in [-0.4, -0.2) is 39.3 Å². The van der Waals surface area contributed by atoms with Gasteiger partial charge in [-0.25, -0.2) is 0 Å². The maximum absolute atomic E-state index is 13.9. The van der Waals surface area contributed by atoms with Gasteiger partial charge < -0.3 is 14.2 Å². The minimum atomic E-state index is -4.81. The molecule has 2 aliphatic rings. The Balaban J connectivity index is 1.94. The molecule has 0 N–H and O–H groups in total. The molecule has 35 heavy (non-hydrogen) atoms. The summed E-state index contributed by atoms with van der Waals surface area (Å²) in [5, 5.41) is 6.92. The van der Waals surface area contributed by atoms with E-state index in [0.717, 1.165) is 4.57 Å². The molecule has 0 saturated carbocycles. The van der Waals surface area contributed by atoms with Crippen LogP contribution in [0.25, 0.3) is 5.70 Å². The predicted octanol–water partition coefficient (Wildman–Crippen LogP) is 5.89. The number of benzene rings is 1. The topological polar surface area (TPSA) is 75.5 Å². The van der Waals surface area contributed by atoms with Crippen molar-refractivity contribution in [2.24, 2.45) is 0 Å². The third-order valence-corrected chi connectivity index (χ3v) is 6.23. The highest BCUT2D eigenvalue weighted by atomic mass is 35.5. The van der Waals surface area contributed by atoms with Crippen molar-refractivity contribution in [3.05, 3.63) is 58.2 Å². The summed E-state index contributed by atoms with van der Waals surface area (Å²) < 4.78 is 59.7. The monoisotopic (exact) mass is 531 g/mol. The minimum Gasteiger partial charge on any atom is -0.492 e. The molecular formula is C23H22Cl2F3N3O4. The van der Waals surface area contributed by atoms with Crippen molar-refractivity contribution in [1.29, 1.82) is 0 Å². The van der Waals surface area contributed by atoms with Crippen molar-refractivity contribution in [1.82, 2.24) is 14.8 Å². The van der Waals surface area contributed by atoms with Crippen LogP contribution in [-0.2, 0) is 20.4 Å². The van der Waals surface area contributed by atoms with E-state index in [9.17, 15) is 18.0 Å². The third kappa shape index (κ3) is 5.05. The number of hydrogen-bond acceptors (Lipinski definition) is 6. The van der Waals surface area contributed by atoms with Gasteiger partial charge in [0, 0.05) is 5.56 Å².